The predicted octanol–water partition coefficient (Wildman–Crippen LogP) is 2.93. The highest BCUT2D eigenvalue weighted by atomic mass is 79.9. The molecule has 0 aliphatic rings. The average molecular weight is 460 g/mol. The third kappa shape index (κ3) is 3.11. The molecular formula is C19H12BrF2N5O2. The minimum absolute atomic E-state index is 0.0192. The Morgan fingerprint density at radius 2 is 1.79 bits per heavy atom. The average Bonchev–Trinajstić information content (AvgIpc) is 2.94. The van der Waals surface area contributed by atoms with Crippen molar-refractivity contribution < 1.29 is 13.6 Å². The van der Waals surface area contributed by atoms with Gasteiger partial charge in [-0.05, 0) is 42.5 Å². The number of carbonyl (C=O) groups excluding carboxylic acids is 1. The van der Waals surface area contributed by atoms with Crippen LogP contribution in [0.4, 0.5) is 8.78 Å². The molecule has 0 aliphatic carbocycles. The molecule has 7 nitrogen and oxygen atoms in total. The molecule has 0 fully saturated rings. The van der Waals surface area contributed by atoms with Gasteiger partial charge in [0.25, 0.3) is 5.91 Å². The molecule has 0 aliphatic heterocycles. The van der Waals surface area contributed by atoms with Crippen LogP contribution in [-0.4, -0.2) is 25.0 Å². The van der Waals surface area contributed by atoms with Gasteiger partial charge >= 0.3 is 5.69 Å². The molecule has 0 unspecified atom stereocenters. The van der Waals surface area contributed by atoms with Gasteiger partial charge in [-0.1, -0.05) is 15.9 Å². The first-order valence-electron chi connectivity index (χ1n) is 8.28. The van der Waals surface area contributed by atoms with Crippen LogP contribution in [0, 0.1) is 11.6 Å². The lowest BCUT2D eigenvalue weighted by molar-refractivity contribution is 0.0997. The van der Waals surface area contributed by atoms with Gasteiger partial charge in [0.2, 0.25) is 0 Å². The molecule has 1 amide bonds. The third-order valence-electron chi connectivity index (χ3n) is 4.38. The number of benzene rings is 2. The molecule has 146 valence electrons. The van der Waals surface area contributed by atoms with E-state index in [2.05, 4.69) is 25.9 Å². The van der Waals surface area contributed by atoms with Crippen molar-refractivity contribution in [2.24, 2.45) is 12.8 Å². The molecular weight excluding hydrogens is 448 g/mol. The second-order valence-corrected chi connectivity index (χ2v) is 7.13. The van der Waals surface area contributed by atoms with Crippen molar-refractivity contribution in [3.05, 3.63) is 74.7 Å². The lowest BCUT2D eigenvalue weighted by Crippen LogP contribution is -2.21. The number of imidazole rings is 1. The Balaban J connectivity index is 2.13. The summed E-state index contributed by atoms with van der Waals surface area (Å²) in [5.74, 6) is -2.12. The number of hydrogen-bond donors (Lipinski definition) is 1. The number of fused-ring (bicyclic) bond motifs is 1. The van der Waals surface area contributed by atoms with Crippen molar-refractivity contribution in [2.75, 3.05) is 0 Å². The zero-order chi connectivity index (χ0) is 20.9. The smallest absolute Gasteiger partial charge is 0.334 e. The summed E-state index contributed by atoms with van der Waals surface area (Å²) in [5, 5.41) is 0. The Kier molecular flexibility index (Phi) is 4.50. The van der Waals surface area contributed by atoms with E-state index in [-0.39, 0.29) is 28.2 Å². The Bertz CT molecular complexity index is 1350. The molecule has 0 spiro atoms. The van der Waals surface area contributed by atoms with Crippen LogP contribution in [0.1, 0.15) is 10.5 Å². The molecule has 2 aromatic carbocycles. The first-order chi connectivity index (χ1) is 13.8. The summed E-state index contributed by atoms with van der Waals surface area (Å²) in [7, 11) is 1.43. The van der Waals surface area contributed by atoms with Crippen LogP contribution in [0.5, 0.6) is 0 Å². The summed E-state index contributed by atoms with van der Waals surface area (Å²) in [5.41, 5.74) is 5.17. The molecule has 2 N–H and O–H groups in total. The first-order valence-corrected chi connectivity index (χ1v) is 9.08. The fourth-order valence-corrected chi connectivity index (χ4v) is 3.39. The van der Waals surface area contributed by atoms with Gasteiger partial charge in [-0.25, -0.2) is 28.1 Å². The van der Waals surface area contributed by atoms with Crippen molar-refractivity contribution in [3.63, 3.8) is 0 Å². The Morgan fingerprint density at radius 1 is 1.10 bits per heavy atom. The van der Waals surface area contributed by atoms with E-state index in [4.69, 9.17) is 5.73 Å². The van der Waals surface area contributed by atoms with E-state index in [1.54, 1.807) is 0 Å². The van der Waals surface area contributed by atoms with Crippen LogP contribution in [0.3, 0.4) is 0 Å². The van der Waals surface area contributed by atoms with Gasteiger partial charge in [0.1, 0.15) is 17.2 Å². The standard InChI is InChI=1S/C19H12BrF2N5O2/c1-26-15-14(16(23)28)24-17(12-8-9(20)2-7-13(12)22)25-18(15)27(19(26)29)11-5-3-10(21)4-6-11/h2-8H,1H3,(H2,23,28). The number of primary amides is 1. The molecule has 10 heteroatoms. The number of hydrogen-bond acceptors (Lipinski definition) is 4. The molecule has 0 radical (unpaired) electrons. The number of nitrogens with zero attached hydrogens (tertiary/aromatic N) is 4. The Morgan fingerprint density at radius 3 is 2.45 bits per heavy atom. The zero-order valence-electron chi connectivity index (χ0n) is 14.9. The number of amides is 1. The highest BCUT2D eigenvalue weighted by Gasteiger charge is 2.23. The van der Waals surface area contributed by atoms with Gasteiger partial charge < -0.3 is 5.73 Å². The molecule has 0 saturated carbocycles. The molecule has 2 aromatic heterocycles. The predicted molar refractivity (Wildman–Crippen MR) is 106 cm³/mol. The van der Waals surface area contributed by atoms with E-state index >= 15 is 0 Å². The maximum atomic E-state index is 14.4. The fraction of sp³-hybridized carbons (Fsp3) is 0.0526. The summed E-state index contributed by atoms with van der Waals surface area (Å²) in [6.45, 7) is 0. The number of halogens is 3. The zero-order valence-corrected chi connectivity index (χ0v) is 16.4. The number of carbonyl (C=O) groups is 1. The largest absolute Gasteiger partial charge is 0.364 e. The van der Waals surface area contributed by atoms with Gasteiger partial charge in [-0.15, -0.1) is 0 Å². The number of nitrogens with two attached hydrogens (primary N) is 1. The second kappa shape index (κ2) is 6.89. The van der Waals surface area contributed by atoms with E-state index < -0.39 is 23.2 Å². The van der Waals surface area contributed by atoms with Gasteiger partial charge in [-0.2, -0.15) is 0 Å². The van der Waals surface area contributed by atoms with Gasteiger partial charge in [0, 0.05) is 11.5 Å². The molecule has 29 heavy (non-hydrogen) atoms. The maximum absolute atomic E-state index is 14.4. The van der Waals surface area contributed by atoms with E-state index in [0.717, 1.165) is 0 Å². The first kappa shape index (κ1) is 18.9. The topological polar surface area (TPSA) is 95.8 Å². The van der Waals surface area contributed by atoms with Crippen LogP contribution in [-0.2, 0) is 7.05 Å². The number of aryl methyl sites for hydroxylation is 1. The van der Waals surface area contributed by atoms with Crippen LogP contribution in [0.25, 0.3) is 28.2 Å². The summed E-state index contributed by atoms with van der Waals surface area (Å²) in [4.78, 5) is 33.4. The summed E-state index contributed by atoms with van der Waals surface area (Å²) in [6.07, 6.45) is 0. The quantitative estimate of drug-likeness (QED) is 0.509. The molecule has 0 saturated heterocycles. The van der Waals surface area contributed by atoms with Crippen LogP contribution < -0.4 is 11.4 Å². The normalized spacial score (nSPS) is 11.2. The Labute approximate surface area is 170 Å². The van der Waals surface area contributed by atoms with E-state index in [1.807, 2.05) is 0 Å². The minimum atomic E-state index is -0.902. The number of rotatable bonds is 3. The highest BCUT2D eigenvalue weighted by Crippen LogP contribution is 2.27. The van der Waals surface area contributed by atoms with Crippen molar-refractivity contribution >= 4 is 33.0 Å². The molecule has 0 bridgehead atoms. The summed E-state index contributed by atoms with van der Waals surface area (Å²) in [6, 6.07) is 9.32. The molecule has 4 rings (SSSR count). The van der Waals surface area contributed by atoms with E-state index in [0.29, 0.717) is 10.2 Å². The van der Waals surface area contributed by atoms with E-state index in [9.17, 15) is 18.4 Å². The summed E-state index contributed by atoms with van der Waals surface area (Å²) < 4.78 is 30.7. The van der Waals surface area contributed by atoms with Crippen molar-refractivity contribution in [1.82, 2.24) is 19.1 Å². The fourth-order valence-electron chi connectivity index (χ4n) is 3.03. The molecule has 2 heterocycles. The molecule has 0 atom stereocenters. The highest BCUT2D eigenvalue weighted by molar-refractivity contribution is 9.10. The van der Waals surface area contributed by atoms with Crippen molar-refractivity contribution in [2.45, 2.75) is 0 Å². The van der Waals surface area contributed by atoms with Crippen molar-refractivity contribution in [3.8, 4) is 17.1 Å². The van der Waals surface area contributed by atoms with Gasteiger partial charge in [0.05, 0.1) is 11.3 Å². The van der Waals surface area contributed by atoms with E-state index in [1.165, 1.54) is 58.6 Å². The Hall–Kier alpha value is -3.40. The maximum Gasteiger partial charge on any atom is 0.334 e. The monoisotopic (exact) mass is 459 g/mol. The van der Waals surface area contributed by atoms with Crippen LogP contribution >= 0.6 is 15.9 Å². The van der Waals surface area contributed by atoms with Gasteiger partial charge in [-0.3, -0.25) is 9.36 Å². The van der Waals surface area contributed by atoms with Crippen LogP contribution in [0.15, 0.2) is 51.7 Å². The lowest BCUT2D eigenvalue weighted by Gasteiger charge is -2.08. The summed E-state index contributed by atoms with van der Waals surface area (Å²) >= 11 is 3.26. The van der Waals surface area contributed by atoms with Crippen LogP contribution in [0.2, 0.25) is 0 Å². The third-order valence-corrected chi connectivity index (χ3v) is 4.87. The molecule has 4 aromatic rings. The SMILES string of the molecule is Cn1c(=O)n(-c2ccc(F)cc2)c2nc(-c3cc(Br)ccc3F)nc(C(N)=O)c21. The van der Waals surface area contributed by atoms with Gasteiger partial charge in [0.15, 0.2) is 17.2 Å². The minimum Gasteiger partial charge on any atom is -0.364 e. The number of aromatic nitrogens is 4. The van der Waals surface area contributed by atoms with Crippen molar-refractivity contribution in [1.29, 1.82) is 0 Å². The second-order valence-electron chi connectivity index (χ2n) is 6.21. The lowest BCUT2D eigenvalue weighted by atomic mass is 10.2.